The maximum atomic E-state index is 11.5. The minimum atomic E-state index is -0.0441. The van der Waals surface area contributed by atoms with Gasteiger partial charge in [0.05, 0.1) is 16.3 Å². The molecule has 0 saturated heterocycles. The van der Waals surface area contributed by atoms with E-state index in [2.05, 4.69) is 20.6 Å². The number of anilines is 3. The highest BCUT2D eigenvalue weighted by Crippen LogP contribution is 2.35. The molecule has 1 aromatic carbocycles. The van der Waals surface area contributed by atoms with Crippen LogP contribution in [0.2, 0.25) is 5.02 Å². The van der Waals surface area contributed by atoms with Gasteiger partial charge in [-0.3, -0.25) is 4.79 Å². The van der Waals surface area contributed by atoms with Gasteiger partial charge in [0.2, 0.25) is 5.91 Å². The molecule has 2 N–H and O–H groups in total. The molecule has 3 rings (SSSR count). The second-order valence-electron chi connectivity index (χ2n) is 5.41. The first-order valence-electron chi connectivity index (χ1n) is 7.73. The van der Waals surface area contributed by atoms with E-state index in [1.807, 2.05) is 44.4 Å². The lowest BCUT2D eigenvalue weighted by atomic mass is 10.2. The Bertz CT molecular complexity index is 919. The molecule has 0 bridgehead atoms. The Morgan fingerprint density at radius 2 is 2.04 bits per heavy atom. The third-order valence-electron chi connectivity index (χ3n) is 3.61. The molecule has 2 heterocycles. The van der Waals surface area contributed by atoms with E-state index in [0.29, 0.717) is 11.6 Å². The molecular weight excluding hydrogens is 376 g/mol. The molecule has 0 unspecified atom stereocenters. The van der Waals surface area contributed by atoms with Crippen LogP contribution in [0.5, 0.6) is 0 Å². The Balaban J connectivity index is 1.82. The summed E-state index contributed by atoms with van der Waals surface area (Å²) in [6.45, 7) is 5.70. The highest BCUT2D eigenvalue weighted by atomic mass is 35.5. The van der Waals surface area contributed by atoms with Crippen molar-refractivity contribution in [2.75, 3.05) is 10.6 Å². The second kappa shape index (κ2) is 7.51. The molecule has 0 aliphatic carbocycles. The van der Waals surface area contributed by atoms with Gasteiger partial charge in [-0.15, -0.1) is 11.3 Å². The largest absolute Gasteiger partial charge is 0.331 e. The van der Waals surface area contributed by atoms with Gasteiger partial charge in [-0.2, -0.15) is 0 Å². The summed E-state index contributed by atoms with van der Waals surface area (Å²) in [5.41, 5.74) is 3.62. The van der Waals surface area contributed by atoms with Crippen molar-refractivity contribution in [2.24, 2.45) is 0 Å². The Kier molecular flexibility index (Phi) is 5.36. The van der Waals surface area contributed by atoms with E-state index in [9.17, 15) is 4.79 Å². The zero-order chi connectivity index (χ0) is 18.0. The number of carbonyl (C=O) groups excluding carboxylic acids is 1. The van der Waals surface area contributed by atoms with Gasteiger partial charge in [0.15, 0.2) is 10.3 Å². The lowest BCUT2D eigenvalue weighted by Gasteiger charge is -2.07. The van der Waals surface area contributed by atoms with Gasteiger partial charge in [-0.05, 0) is 31.5 Å². The van der Waals surface area contributed by atoms with E-state index < -0.39 is 0 Å². The van der Waals surface area contributed by atoms with Crippen LogP contribution in [0.3, 0.4) is 0 Å². The molecule has 0 atom stereocenters. The van der Waals surface area contributed by atoms with Crippen LogP contribution in [-0.2, 0) is 4.79 Å². The van der Waals surface area contributed by atoms with Crippen molar-refractivity contribution in [3.63, 3.8) is 0 Å². The Morgan fingerprint density at radius 1 is 1.24 bits per heavy atom. The maximum Gasteiger partial charge on any atom is 0.225 e. The van der Waals surface area contributed by atoms with Crippen molar-refractivity contribution in [1.82, 2.24) is 9.97 Å². The molecule has 0 spiro atoms. The number of benzene rings is 1. The second-order valence-corrected chi connectivity index (χ2v) is 7.67. The molecule has 0 aliphatic heterocycles. The summed E-state index contributed by atoms with van der Waals surface area (Å²) in [5, 5.41) is 10.2. The van der Waals surface area contributed by atoms with Crippen molar-refractivity contribution in [3.8, 4) is 10.6 Å². The van der Waals surface area contributed by atoms with Gasteiger partial charge < -0.3 is 10.6 Å². The minimum absolute atomic E-state index is 0.0441. The molecular formula is C17H17ClN4OS2. The number of aryl methyl sites for hydroxylation is 1. The van der Waals surface area contributed by atoms with Crippen LogP contribution in [0.15, 0.2) is 23.6 Å². The fourth-order valence-electron chi connectivity index (χ4n) is 2.19. The van der Waals surface area contributed by atoms with Crippen LogP contribution in [0.4, 0.5) is 16.0 Å². The van der Waals surface area contributed by atoms with Crippen molar-refractivity contribution in [3.05, 3.63) is 39.9 Å². The van der Waals surface area contributed by atoms with E-state index in [0.717, 1.165) is 37.7 Å². The van der Waals surface area contributed by atoms with Gasteiger partial charge in [-0.25, -0.2) is 9.97 Å². The molecule has 3 aromatic rings. The number of hydrogen-bond acceptors (Lipinski definition) is 6. The van der Waals surface area contributed by atoms with Crippen molar-refractivity contribution >= 4 is 56.1 Å². The highest BCUT2D eigenvalue weighted by molar-refractivity contribution is 7.20. The summed E-state index contributed by atoms with van der Waals surface area (Å²) in [4.78, 5) is 21.5. The third kappa shape index (κ3) is 4.00. The number of nitrogens with one attached hydrogen (secondary N) is 2. The molecule has 0 fully saturated rings. The van der Waals surface area contributed by atoms with Crippen LogP contribution in [-0.4, -0.2) is 15.9 Å². The fourth-order valence-corrected chi connectivity index (χ4v) is 4.09. The molecule has 0 aliphatic rings. The van der Waals surface area contributed by atoms with E-state index in [1.54, 1.807) is 0 Å². The smallest absolute Gasteiger partial charge is 0.225 e. The molecule has 5 nitrogen and oxygen atoms in total. The lowest BCUT2D eigenvalue weighted by molar-refractivity contribution is -0.115. The lowest BCUT2D eigenvalue weighted by Crippen LogP contribution is -2.08. The summed E-state index contributed by atoms with van der Waals surface area (Å²) in [7, 11) is 0. The summed E-state index contributed by atoms with van der Waals surface area (Å²) < 4.78 is 0. The molecule has 25 heavy (non-hydrogen) atoms. The Hall–Kier alpha value is -1.96. The SMILES string of the molecule is CCC(=O)Nc1nc(C)c(-c2csc(Nc3cccc(Cl)c3C)n2)s1. The molecule has 8 heteroatoms. The normalized spacial score (nSPS) is 10.7. The number of hydrogen-bond donors (Lipinski definition) is 2. The molecule has 130 valence electrons. The fraction of sp³-hybridized carbons (Fsp3) is 0.235. The van der Waals surface area contributed by atoms with Crippen LogP contribution < -0.4 is 10.6 Å². The van der Waals surface area contributed by atoms with Crippen LogP contribution in [0.1, 0.15) is 24.6 Å². The third-order valence-corrected chi connectivity index (χ3v) is 5.87. The first kappa shape index (κ1) is 17.8. The number of aromatic nitrogens is 2. The predicted octanol–water partition coefficient (Wildman–Crippen LogP) is 5.63. The monoisotopic (exact) mass is 392 g/mol. The van der Waals surface area contributed by atoms with Gasteiger partial charge in [-0.1, -0.05) is 35.9 Å². The van der Waals surface area contributed by atoms with Gasteiger partial charge >= 0.3 is 0 Å². The number of rotatable bonds is 5. The first-order valence-corrected chi connectivity index (χ1v) is 9.80. The van der Waals surface area contributed by atoms with Gasteiger partial charge in [0.25, 0.3) is 0 Å². The molecule has 2 aromatic heterocycles. The molecule has 0 radical (unpaired) electrons. The quantitative estimate of drug-likeness (QED) is 0.590. The average molecular weight is 393 g/mol. The highest BCUT2D eigenvalue weighted by Gasteiger charge is 2.15. The van der Waals surface area contributed by atoms with Crippen molar-refractivity contribution < 1.29 is 4.79 Å². The van der Waals surface area contributed by atoms with Crippen LogP contribution in [0, 0.1) is 13.8 Å². The van der Waals surface area contributed by atoms with Gasteiger partial charge in [0, 0.05) is 22.5 Å². The average Bonchev–Trinajstić information content (AvgIpc) is 3.18. The number of carbonyl (C=O) groups is 1. The number of nitrogens with zero attached hydrogens (tertiary/aromatic N) is 2. The van der Waals surface area contributed by atoms with Crippen molar-refractivity contribution in [1.29, 1.82) is 0 Å². The zero-order valence-corrected chi connectivity index (χ0v) is 16.4. The number of amides is 1. The van der Waals surface area contributed by atoms with Gasteiger partial charge in [0.1, 0.15) is 0 Å². The summed E-state index contributed by atoms with van der Waals surface area (Å²) >= 11 is 9.11. The Morgan fingerprint density at radius 3 is 2.80 bits per heavy atom. The zero-order valence-electron chi connectivity index (χ0n) is 14.0. The minimum Gasteiger partial charge on any atom is -0.331 e. The van der Waals surface area contributed by atoms with E-state index in [1.165, 1.54) is 22.7 Å². The number of halogens is 1. The first-order chi connectivity index (χ1) is 12.0. The van der Waals surface area contributed by atoms with Crippen LogP contribution >= 0.6 is 34.3 Å². The summed E-state index contributed by atoms with van der Waals surface area (Å²) in [5.74, 6) is -0.0441. The van der Waals surface area contributed by atoms with E-state index in [4.69, 9.17) is 11.6 Å². The Labute approximate surface area is 159 Å². The summed E-state index contributed by atoms with van der Waals surface area (Å²) in [6.07, 6.45) is 0.428. The topological polar surface area (TPSA) is 66.9 Å². The van der Waals surface area contributed by atoms with E-state index >= 15 is 0 Å². The summed E-state index contributed by atoms with van der Waals surface area (Å²) in [6, 6.07) is 5.74. The molecule has 0 saturated carbocycles. The predicted molar refractivity (Wildman–Crippen MR) is 106 cm³/mol. The number of thiazole rings is 2. The van der Waals surface area contributed by atoms with E-state index in [-0.39, 0.29) is 5.91 Å². The van der Waals surface area contributed by atoms with Crippen LogP contribution in [0.25, 0.3) is 10.6 Å². The molecule has 1 amide bonds. The maximum absolute atomic E-state index is 11.5. The standard InChI is InChI=1S/C17H17ClN4OS2/c1-4-14(23)22-17-19-10(3)15(25-17)13-8-24-16(21-13)20-12-7-5-6-11(18)9(12)2/h5-8H,4H2,1-3H3,(H,20,21)(H,19,22,23). The van der Waals surface area contributed by atoms with Crippen molar-refractivity contribution in [2.45, 2.75) is 27.2 Å².